The fraction of sp³-hybridized carbons (Fsp3) is 0.0870. The molecule has 158 valence electrons. The SMILES string of the molecule is C=C(NCc1cccc(C(F)(F)F)c1)c1cccc2c1cnn2-c1ccc(F)cc1F. The minimum Gasteiger partial charge on any atom is -0.381 e. The maximum atomic E-state index is 14.2. The molecule has 0 saturated heterocycles. The Labute approximate surface area is 174 Å². The monoisotopic (exact) mass is 429 g/mol. The van der Waals surface area contributed by atoms with Crippen molar-refractivity contribution in [3.63, 3.8) is 0 Å². The highest BCUT2D eigenvalue weighted by Crippen LogP contribution is 2.30. The Balaban J connectivity index is 1.60. The molecule has 1 heterocycles. The maximum absolute atomic E-state index is 14.2. The van der Waals surface area contributed by atoms with Crippen molar-refractivity contribution in [3.05, 3.63) is 102 Å². The van der Waals surface area contributed by atoms with Crippen molar-refractivity contribution in [2.75, 3.05) is 0 Å². The number of alkyl halides is 3. The van der Waals surface area contributed by atoms with Gasteiger partial charge in [-0.2, -0.15) is 18.3 Å². The first-order chi connectivity index (χ1) is 14.7. The summed E-state index contributed by atoms with van der Waals surface area (Å²) in [7, 11) is 0. The fourth-order valence-corrected chi connectivity index (χ4v) is 3.32. The predicted molar refractivity (Wildman–Crippen MR) is 108 cm³/mol. The number of rotatable bonds is 5. The van der Waals surface area contributed by atoms with Gasteiger partial charge in [-0.05, 0) is 35.9 Å². The van der Waals surface area contributed by atoms with E-state index in [1.54, 1.807) is 24.3 Å². The molecule has 0 aliphatic carbocycles. The Hall–Kier alpha value is -3.68. The molecular weight excluding hydrogens is 413 g/mol. The van der Waals surface area contributed by atoms with E-state index in [1.165, 1.54) is 23.0 Å². The third-order valence-electron chi connectivity index (χ3n) is 4.84. The number of nitrogens with zero attached hydrogens (tertiary/aromatic N) is 2. The molecule has 3 nitrogen and oxygen atoms in total. The zero-order chi connectivity index (χ0) is 22.2. The number of benzene rings is 3. The van der Waals surface area contributed by atoms with Gasteiger partial charge in [-0.3, -0.25) is 0 Å². The quantitative estimate of drug-likeness (QED) is 0.390. The van der Waals surface area contributed by atoms with E-state index in [1.807, 2.05) is 0 Å². The molecule has 0 aliphatic heterocycles. The molecule has 3 aromatic carbocycles. The van der Waals surface area contributed by atoms with Crippen LogP contribution in [0, 0.1) is 11.6 Å². The van der Waals surface area contributed by atoms with E-state index in [0.29, 0.717) is 27.7 Å². The Bertz CT molecular complexity index is 1270. The lowest BCUT2D eigenvalue weighted by Gasteiger charge is -2.13. The number of hydrogen-bond donors (Lipinski definition) is 1. The van der Waals surface area contributed by atoms with Gasteiger partial charge in [0.05, 0.1) is 17.3 Å². The zero-order valence-corrected chi connectivity index (χ0v) is 16.0. The van der Waals surface area contributed by atoms with E-state index in [2.05, 4.69) is 17.0 Å². The van der Waals surface area contributed by atoms with E-state index in [4.69, 9.17) is 0 Å². The first-order valence-corrected chi connectivity index (χ1v) is 9.25. The van der Waals surface area contributed by atoms with Gasteiger partial charge in [0.1, 0.15) is 11.5 Å². The molecule has 1 N–H and O–H groups in total. The van der Waals surface area contributed by atoms with E-state index in [9.17, 15) is 22.0 Å². The van der Waals surface area contributed by atoms with Crippen molar-refractivity contribution in [2.24, 2.45) is 0 Å². The molecule has 1 aromatic heterocycles. The van der Waals surface area contributed by atoms with Gasteiger partial charge in [0.2, 0.25) is 0 Å². The van der Waals surface area contributed by atoms with Gasteiger partial charge >= 0.3 is 6.18 Å². The minimum absolute atomic E-state index is 0.0936. The summed E-state index contributed by atoms with van der Waals surface area (Å²) in [5.41, 5.74) is 1.54. The Morgan fingerprint density at radius 3 is 2.52 bits per heavy atom. The summed E-state index contributed by atoms with van der Waals surface area (Å²) in [6.45, 7) is 4.12. The topological polar surface area (TPSA) is 29.9 Å². The van der Waals surface area contributed by atoms with Crippen molar-refractivity contribution in [1.29, 1.82) is 0 Å². The lowest BCUT2D eigenvalue weighted by Crippen LogP contribution is -2.12. The molecular formula is C23H16F5N3. The van der Waals surface area contributed by atoms with Crippen molar-refractivity contribution in [2.45, 2.75) is 12.7 Å². The number of fused-ring (bicyclic) bond motifs is 1. The van der Waals surface area contributed by atoms with Crippen LogP contribution >= 0.6 is 0 Å². The van der Waals surface area contributed by atoms with E-state index >= 15 is 0 Å². The molecule has 4 aromatic rings. The molecule has 0 atom stereocenters. The van der Waals surface area contributed by atoms with Crippen molar-refractivity contribution < 1.29 is 22.0 Å². The van der Waals surface area contributed by atoms with Gasteiger partial charge < -0.3 is 5.32 Å². The number of nitrogens with one attached hydrogen (secondary N) is 1. The van der Waals surface area contributed by atoms with Crippen molar-refractivity contribution >= 4 is 16.6 Å². The average molecular weight is 429 g/mol. The lowest BCUT2D eigenvalue weighted by molar-refractivity contribution is -0.137. The van der Waals surface area contributed by atoms with Crippen LogP contribution < -0.4 is 5.32 Å². The van der Waals surface area contributed by atoms with Crippen LogP contribution in [0.25, 0.3) is 22.3 Å². The molecule has 0 aliphatic rings. The highest BCUT2D eigenvalue weighted by Gasteiger charge is 2.30. The smallest absolute Gasteiger partial charge is 0.381 e. The molecule has 0 fully saturated rings. The number of halogens is 5. The van der Waals surface area contributed by atoms with Crippen LogP contribution in [0.1, 0.15) is 16.7 Å². The first-order valence-electron chi connectivity index (χ1n) is 9.25. The zero-order valence-electron chi connectivity index (χ0n) is 16.0. The van der Waals surface area contributed by atoms with Crippen LogP contribution in [-0.2, 0) is 12.7 Å². The van der Waals surface area contributed by atoms with Crippen LogP contribution in [0.2, 0.25) is 0 Å². The van der Waals surface area contributed by atoms with Crippen molar-refractivity contribution in [3.8, 4) is 5.69 Å². The third-order valence-corrected chi connectivity index (χ3v) is 4.84. The number of hydrogen-bond acceptors (Lipinski definition) is 2. The molecule has 0 amide bonds. The first kappa shape index (κ1) is 20.6. The Morgan fingerprint density at radius 2 is 1.77 bits per heavy atom. The van der Waals surface area contributed by atoms with Crippen LogP contribution in [0.15, 0.2) is 73.4 Å². The van der Waals surface area contributed by atoms with Crippen LogP contribution in [0.5, 0.6) is 0 Å². The summed E-state index contributed by atoms with van der Waals surface area (Å²) >= 11 is 0. The van der Waals surface area contributed by atoms with Crippen molar-refractivity contribution in [1.82, 2.24) is 15.1 Å². The second kappa shape index (κ2) is 7.86. The summed E-state index contributed by atoms with van der Waals surface area (Å²) in [6, 6.07) is 13.5. The van der Waals surface area contributed by atoms with Crippen LogP contribution in [0.4, 0.5) is 22.0 Å². The maximum Gasteiger partial charge on any atom is 0.416 e. The lowest BCUT2D eigenvalue weighted by atomic mass is 10.1. The molecule has 8 heteroatoms. The molecule has 4 rings (SSSR count). The normalized spacial score (nSPS) is 11.6. The fourth-order valence-electron chi connectivity index (χ4n) is 3.32. The summed E-state index contributed by atoms with van der Waals surface area (Å²) in [5, 5.41) is 7.91. The average Bonchev–Trinajstić information content (AvgIpc) is 3.15. The third kappa shape index (κ3) is 4.14. The van der Waals surface area contributed by atoms with E-state index < -0.39 is 23.4 Å². The van der Waals surface area contributed by atoms with Gasteiger partial charge in [-0.25, -0.2) is 13.5 Å². The molecule has 31 heavy (non-hydrogen) atoms. The van der Waals surface area contributed by atoms with E-state index in [0.717, 1.165) is 24.3 Å². The molecule has 0 radical (unpaired) electrons. The standard InChI is InChI=1S/C23H16F5N3/c1-14(29-12-15-4-2-5-16(10-15)23(26,27)28)18-6-3-7-21-19(18)13-30-31(21)22-9-8-17(24)11-20(22)25/h2-11,13,29H,1,12H2. The van der Waals surface area contributed by atoms with Crippen LogP contribution in [-0.4, -0.2) is 9.78 Å². The Kier molecular flexibility index (Phi) is 5.22. The minimum atomic E-state index is -4.41. The second-order valence-electron chi connectivity index (χ2n) is 6.92. The Morgan fingerprint density at radius 1 is 1.00 bits per heavy atom. The highest BCUT2D eigenvalue weighted by atomic mass is 19.4. The summed E-state index contributed by atoms with van der Waals surface area (Å²) < 4.78 is 67.5. The van der Waals surface area contributed by atoms with Gasteiger partial charge in [0.25, 0.3) is 0 Å². The number of aromatic nitrogens is 2. The molecule has 0 unspecified atom stereocenters. The molecule has 0 bridgehead atoms. The van der Waals surface area contributed by atoms with E-state index in [-0.39, 0.29) is 12.2 Å². The summed E-state index contributed by atoms with van der Waals surface area (Å²) in [5.74, 6) is -1.44. The van der Waals surface area contributed by atoms with Gasteiger partial charge in [0, 0.05) is 29.3 Å². The predicted octanol–water partition coefficient (Wildman–Crippen LogP) is 6.08. The van der Waals surface area contributed by atoms with Crippen LogP contribution in [0.3, 0.4) is 0 Å². The summed E-state index contributed by atoms with van der Waals surface area (Å²) in [4.78, 5) is 0. The van der Waals surface area contributed by atoms with Gasteiger partial charge in [-0.15, -0.1) is 0 Å². The highest BCUT2D eigenvalue weighted by molar-refractivity contribution is 5.91. The summed E-state index contributed by atoms with van der Waals surface area (Å²) in [6.07, 6.45) is -2.88. The molecule has 0 saturated carbocycles. The molecule has 0 spiro atoms. The second-order valence-corrected chi connectivity index (χ2v) is 6.92. The van der Waals surface area contributed by atoms with Gasteiger partial charge in [-0.1, -0.05) is 30.8 Å². The van der Waals surface area contributed by atoms with Gasteiger partial charge in [0.15, 0.2) is 5.82 Å². The largest absolute Gasteiger partial charge is 0.416 e.